The van der Waals surface area contributed by atoms with Gasteiger partial charge in [0.1, 0.15) is 5.52 Å². The number of rotatable bonds is 3. The second-order valence-corrected chi connectivity index (χ2v) is 6.93. The van der Waals surface area contributed by atoms with Gasteiger partial charge in [-0.15, -0.1) is 0 Å². The SMILES string of the molecule is CC(C)(C)c1nc2cc(NC(=O)CC3COCCN3)ccc2o1. The maximum absolute atomic E-state index is 12.1. The first-order chi connectivity index (χ1) is 10.9. The summed E-state index contributed by atoms with van der Waals surface area (Å²) in [5, 5.41) is 6.19. The standard InChI is InChI=1S/C17H23N3O3/c1-17(2,3)16-20-13-8-11(4-5-14(13)23-16)19-15(21)9-12-10-22-7-6-18-12/h4-5,8,12,18H,6-7,9-10H2,1-3H3,(H,19,21). The molecule has 0 radical (unpaired) electrons. The van der Waals surface area contributed by atoms with Crippen molar-refractivity contribution < 1.29 is 13.9 Å². The summed E-state index contributed by atoms with van der Waals surface area (Å²) in [6.07, 6.45) is 0.393. The Balaban J connectivity index is 1.69. The highest BCUT2D eigenvalue weighted by atomic mass is 16.5. The average molecular weight is 317 g/mol. The Morgan fingerprint density at radius 3 is 2.96 bits per heavy atom. The molecule has 6 nitrogen and oxygen atoms in total. The Hall–Kier alpha value is -1.92. The fraction of sp³-hybridized carbons (Fsp3) is 0.529. The Bertz CT molecular complexity index is 697. The number of ether oxygens (including phenoxy) is 1. The van der Waals surface area contributed by atoms with E-state index in [0.29, 0.717) is 25.5 Å². The van der Waals surface area contributed by atoms with Crippen molar-refractivity contribution in [2.75, 3.05) is 25.1 Å². The van der Waals surface area contributed by atoms with Crippen LogP contribution >= 0.6 is 0 Å². The van der Waals surface area contributed by atoms with Crippen molar-refractivity contribution in [1.29, 1.82) is 0 Å². The number of carbonyl (C=O) groups excluding carboxylic acids is 1. The Morgan fingerprint density at radius 2 is 2.26 bits per heavy atom. The highest BCUT2D eigenvalue weighted by Crippen LogP contribution is 2.27. The molecule has 23 heavy (non-hydrogen) atoms. The quantitative estimate of drug-likeness (QED) is 0.909. The molecule has 2 aromatic rings. The minimum absolute atomic E-state index is 0.0353. The fourth-order valence-corrected chi connectivity index (χ4v) is 2.51. The van der Waals surface area contributed by atoms with E-state index in [1.807, 2.05) is 18.2 Å². The highest BCUT2D eigenvalue weighted by Gasteiger charge is 2.21. The molecule has 2 N–H and O–H groups in total. The van der Waals surface area contributed by atoms with Crippen molar-refractivity contribution >= 4 is 22.7 Å². The molecule has 1 atom stereocenters. The van der Waals surface area contributed by atoms with Crippen LogP contribution in [0.4, 0.5) is 5.69 Å². The summed E-state index contributed by atoms with van der Waals surface area (Å²) in [7, 11) is 0. The number of aromatic nitrogens is 1. The van der Waals surface area contributed by atoms with Gasteiger partial charge in [-0.3, -0.25) is 4.79 Å². The molecule has 124 valence electrons. The molecule has 1 aliphatic rings. The zero-order valence-electron chi connectivity index (χ0n) is 13.8. The molecule has 3 rings (SSSR count). The fourth-order valence-electron chi connectivity index (χ4n) is 2.51. The van der Waals surface area contributed by atoms with Crippen LogP contribution in [0.2, 0.25) is 0 Å². The normalized spacial score (nSPS) is 19.0. The van der Waals surface area contributed by atoms with Crippen molar-refractivity contribution in [3.8, 4) is 0 Å². The topological polar surface area (TPSA) is 76.4 Å². The third-order valence-electron chi connectivity index (χ3n) is 3.74. The van der Waals surface area contributed by atoms with Crippen LogP contribution in [0.25, 0.3) is 11.1 Å². The van der Waals surface area contributed by atoms with Crippen LogP contribution in [0, 0.1) is 0 Å². The summed E-state index contributed by atoms with van der Waals surface area (Å²) in [6, 6.07) is 5.60. The maximum Gasteiger partial charge on any atom is 0.226 e. The summed E-state index contributed by atoms with van der Waals surface area (Å²) in [4.78, 5) is 16.6. The predicted octanol–water partition coefficient (Wildman–Crippen LogP) is 2.44. The number of anilines is 1. The van der Waals surface area contributed by atoms with E-state index >= 15 is 0 Å². The van der Waals surface area contributed by atoms with Gasteiger partial charge in [-0.05, 0) is 18.2 Å². The molecule has 1 unspecified atom stereocenters. The van der Waals surface area contributed by atoms with Crippen LogP contribution in [0.5, 0.6) is 0 Å². The number of oxazole rings is 1. The molecule has 2 heterocycles. The van der Waals surface area contributed by atoms with Crippen LogP contribution in [-0.4, -0.2) is 36.7 Å². The lowest BCUT2D eigenvalue weighted by molar-refractivity contribution is -0.117. The van der Waals surface area contributed by atoms with E-state index in [-0.39, 0.29) is 17.4 Å². The number of nitrogens with zero attached hydrogens (tertiary/aromatic N) is 1. The van der Waals surface area contributed by atoms with Gasteiger partial charge in [0, 0.05) is 30.1 Å². The predicted molar refractivity (Wildman–Crippen MR) is 88.6 cm³/mol. The molecular formula is C17H23N3O3. The van der Waals surface area contributed by atoms with Gasteiger partial charge in [-0.25, -0.2) is 4.98 Å². The van der Waals surface area contributed by atoms with E-state index in [1.54, 1.807) is 0 Å². The van der Waals surface area contributed by atoms with Crippen LogP contribution in [-0.2, 0) is 14.9 Å². The van der Waals surface area contributed by atoms with Crippen LogP contribution in [0.15, 0.2) is 22.6 Å². The first kappa shape index (κ1) is 16.0. The van der Waals surface area contributed by atoms with Crippen LogP contribution < -0.4 is 10.6 Å². The van der Waals surface area contributed by atoms with Crippen molar-refractivity contribution in [3.63, 3.8) is 0 Å². The lowest BCUT2D eigenvalue weighted by Crippen LogP contribution is -2.43. The molecular weight excluding hydrogens is 294 g/mol. The van der Waals surface area contributed by atoms with Gasteiger partial charge in [-0.2, -0.15) is 0 Å². The van der Waals surface area contributed by atoms with Gasteiger partial charge >= 0.3 is 0 Å². The van der Waals surface area contributed by atoms with Gasteiger partial charge in [0.2, 0.25) is 11.8 Å². The molecule has 1 amide bonds. The molecule has 1 aromatic heterocycles. The maximum atomic E-state index is 12.1. The van der Waals surface area contributed by atoms with Crippen molar-refractivity contribution in [3.05, 3.63) is 24.1 Å². The number of morpholine rings is 1. The summed E-state index contributed by atoms with van der Waals surface area (Å²) < 4.78 is 11.1. The van der Waals surface area contributed by atoms with Gasteiger partial charge in [-0.1, -0.05) is 20.8 Å². The first-order valence-corrected chi connectivity index (χ1v) is 7.94. The summed E-state index contributed by atoms with van der Waals surface area (Å²) in [6.45, 7) is 8.24. The van der Waals surface area contributed by atoms with Gasteiger partial charge in [0.25, 0.3) is 0 Å². The van der Waals surface area contributed by atoms with Gasteiger partial charge in [0.15, 0.2) is 5.58 Å². The number of nitrogens with one attached hydrogen (secondary N) is 2. The monoisotopic (exact) mass is 317 g/mol. The van der Waals surface area contributed by atoms with E-state index < -0.39 is 0 Å². The summed E-state index contributed by atoms with van der Waals surface area (Å²) in [5.74, 6) is 0.659. The Kier molecular flexibility index (Phi) is 4.37. The minimum Gasteiger partial charge on any atom is -0.440 e. The molecule has 6 heteroatoms. The van der Waals surface area contributed by atoms with Gasteiger partial charge in [0.05, 0.1) is 13.2 Å². The molecule has 0 bridgehead atoms. The number of carbonyl (C=O) groups is 1. The summed E-state index contributed by atoms with van der Waals surface area (Å²) in [5.41, 5.74) is 2.07. The third-order valence-corrected chi connectivity index (χ3v) is 3.74. The molecule has 0 aliphatic carbocycles. The van der Waals surface area contributed by atoms with Crippen molar-refractivity contribution in [2.45, 2.75) is 38.6 Å². The molecule has 0 saturated carbocycles. The van der Waals surface area contributed by atoms with E-state index in [1.165, 1.54) is 0 Å². The van der Waals surface area contributed by atoms with E-state index in [0.717, 1.165) is 23.3 Å². The smallest absolute Gasteiger partial charge is 0.226 e. The van der Waals surface area contributed by atoms with Crippen LogP contribution in [0.1, 0.15) is 33.1 Å². The minimum atomic E-state index is -0.144. The average Bonchev–Trinajstić information content (AvgIpc) is 2.91. The van der Waals surface area contributed by atoms with Crippen molar-refractivity contribution in [1.82, 2.24) is 10.3 Å². The second kappa shape index (κ2) is 6.29. The van der Waals surface area contributed by atoms with E-state index in [2.05, 4.69) is 36.4 Å². The number of benzene rings is 1. The zero-order valence-corrected chi connectivity index (χ0v) is 13.8. The molecule has 1 aliphatic heterocycles. The van der Waals surface area contributed by atoms with Crippen molar-refractivity contribution in [2.24, 2.45) is 0 Å². The second-order valence-electron chi connectivity index (χ2n) is 6.93. The van der Waals surface area contributed by atoms with Crippen LogP contribution in [0.3, 0.4) is 0 Å². The number of fused-ring (bicyclic) bond motifs is 1. The largest absolute Gasteiger partial charge is 0.440 e. The number of amides is 1. The molecule has 1 aromatic carbocycles. The number of hydrogen-bond donors (Lipinski definition) is 2. The lowest BCUT2D eigenvalue weighted by Gasteiger charge is -2.23. The number of hydrogen-bond acceptors (Lipinski definition) is 5. The molecule has 1 saturated heterocycles. The lowest BCUT2D eigenvalue weighted by atomic mass is 9.97. The molecule has 0 spiro atoms. The highest BCUT2D eigenvalue weighted by molar-refractivity contribution is 5.93. The van der Waals surface area contributed by atoms with Gasteiger partial charge < -0.3 is 19.8 Å². The summed E-state index contributed by atoms with van der Waals surface area (Å²) >= 11 is 0. The Labute approximate surface area is 135 Å². The van der Waals surface area contributed by atoms with E-state index in [4.69, 9.17) is 9.15 Å². The third kappa shape index (κ3) is 3.89. The molecule has 1 fully saturated rings. The zero-order chi connectivity index (χ0) is 16.4. The Morgan fingerprint density at radius 1 is 1.43 bits per heavy atom. The van der Waals surface area contributed by atoms with E-state index in [9.17, 15) is 4.79 Å². The first-order valence-electron chi connectivity index (χ1n) is 7.94.